The van der Waals surface area contributed by atoms with Gasteiger partial charge in [-0.05, 0) is 43.2 Å². The molecule has 1 aromatic heterocycles. The minimum Gasteiger partial charge on any atom is -0.382 e. The number of carbonyl (C=O) groups is 2. The third kappa shape index (κ3) is 15.7. The molecule has 8 rings (SSSR count). The van der Waals surface area contributed by atoms with Gasteiger partial charge in [0.1, 0.15) is 12.3 Å². The number of para-hydroxylation sites is 3. The topological polar surface area (TPSA) is 160 Å². The Bertz CT molecular complexity index is 2980. The minimum atomic E-state index is -0.192. The van der Waals surface area contributed by atoms with E-state index in [0.29, 0.717) is 106 Å². The van der Waals surface area contributed by atoms with Crippen molar-refractivity contribution in [2.24, 2.45) is 7.05 Å². The Labute approximate surface area is 478 Å². The Hall–Kier alpha value is -6.67. The molecule has 5 aromatic rings. The second kappa shape index (κ2) is 30.4. The number of nitrogens with zero attached hydrogens (tertiary/aromatic N) is 6. The molecular weight excluding hydrogens is 1030 g/mol. The lowest BCUT2D eigenvalue weighted by atomic mass is 9.81. The Morgan fingerprint density at radius 3 is 1.90 bits per heavy atom. The number of aryl methyl sites for hydroxylation is 1. The number of benzene rings is 4. The normalized spacial score (nSPS) is 15.5. The predicted molar refractivity (Wildman–Crippen MR) is 315 cm³/mol. The number of fused-ring (bicyclic) bond motifs is 7. The number of rotatable bonds is 33. The van der Waals surface area contributed by atoms with Crippen LogP contribution in [-0.2, 0) is 71.9 Å². The third-order valence-corrected chi connectivity index (χ3v) is 14.9. The molecule has 4 heterocycles. The molecule has 432 valence electrons. The first-order chi connectivity index (χ1) is 39.5. The zero-order valence-corrected chi connectivity index (χ0v) is 48.2. The highest BCUT2D eigenvalue weighted by molar-refractivity contribution is 6.03. The fraction of sp³-hybridized carbons (Fsp3) is 0.453. The third-order valence-electron chi connectivity index (χ3n) is 14.9. The molecule has 3 aliphatic rings. The van der Waals surface area contributed by atoms with Crippen LogP contribution in [0.5, 0.6) is 0 Å². The Morgan fingerprint density at radius 1 is 0.617 bits per heavy atom. The van der Waals surface area contributed by atoms with E-state index in [-0.39, 0.29) is 48.6 Å². The van der Waals surface area contributed by atoms with Crippen LogP contribution >= 0.6 is 0 Å². The molecule has 1 N–H and O–H groups in total. The summed E-state index contributed by atoms with van der Waals surface area (Å²) in [5.41, 5.74) is 12.3. The van der Waals surface area contributed by atoms with Crippen molar-refractivity contribution in [3.05, 3.63) is 150 Å². The lowest BCUT2D eigenvalue weighted by Crippen LogP contribution is -2.35. The molecule has 0 fully saturated rings. The van der Waals surface area contributed by atoms with E-state index in [4.69, 9.17) is 37.9 Å². The quantitative estimate of drug-likeness (QED) is 0.0242. The number of ether oxygens (including phenoxy) is 8. The smallest absolute Gasteiger partial charge is 0.229 e. The van der Waals surface area contributed by atoms with Gasteiger partial charge in [0.15, 0.2) is 12.3 Å². The zero-order chi connectivity index (χ0) is 56.9. The van der Waals surface area contributed by atoms with Gasteiger partial charge in [-0.3, -0.25) is 9.59 Å². The fourth-order valence-corrected chi connectivity index (χ4v) is 10.7. The van der Waals surface area contributed by atoms with Crippen molar-refractivity contribution < 1.29 is 52.1 Å². The van der Waals surface area contributed by atoms with E-state index in [1.165, 1.54) is 33.9 Å². The number of methoxy groups -OCH3 is 1. The maximum atomic E-state index is 13.8. The van der Waals surface area contributed by atoms with Crippen LogP contribution < -0.4 is 15.1 Å². The van der Waals surface area contributed by atoms with Crippen LogP contribution in [0.4, 0.5) is 17.1 Å². The summed E-state index contributed by atoms with van der Waals surface area (Å²) in [6.07, 6.45) is 11.2. The number of anilines is 2. The SMILES string of the molecule is COCCOCCOCCOCC[N+]1=C(\C=C/C=C\C=C2\N(CCOCCOCCOCCOCCC(=O)NCCC(=O)N3Cc4ccccc4-c4nnn(C)c4-c4ccccc43)c3ccccc3C2(C)C)C(C)(C)c2ccccc21. The predicted octanol–water partition coefficient (Wildman–Crippen LogP) is 8.53. The minimum absolute atomic E-state index is 0.0944. The molecular formula is C64H82N7O10+. The first-order valence-corrected chi connectivity index (χ1v) is 28.4. The van der Waals surface area contributed by atoms with E-state index >= 15 is 0 Å². The molecule has 0 saturated carbocycles. The van der Waals surface area contributed by atoms with Crippen LogP contribution in [0.1, 0.15) is 57.2 Å². The highest BCUT2D eigenvalue weighted by Gasteiger charge is 2.44. The molecule has 17 nitrogen and oxygen atoms in total. The van der Waals surface area contributed by atoms with E-state index in [1.54, 1.807) is 16.7 Å². The van der Waals surface area contributed by atoms with E-state index in [0.717, 1.165) is 40.3 Å². The average molecular weight is 1110 g/mol. The number of nitrogens with one attached hydrogen (secondary N) is 1. The number of aromatic nitrogens is 3. The van der Waals surface area contributed by atoms with Crippen molar-refractivity contribution in [2.75, 3.05) is 136 Å². The lowest BCUT2D eigenvalue weighted by Gasteiger charge is -2.28. The molecule has 0 saturated heterocycles. The summed E-state index contributed by atoms with van der Waals surface area (Å²) in [5.74, 6) is -0.273. The molecule has 0 bridgehead atoms. The van der Waals surface area contributed by atoms with E-state index in [9.17, 15) is 9.59 Å². The van der Waals surface area contributed by atoms with Crippen molar-refractivity contribution in [3.63, 3.8) is 0 Å². The number of hydrogen-bond acceptors (Lipinski definition) is 13. The van der Waals surface area contributed by atoms with Crippen LogP contribution in [0, 0.1) is 0 Å². The number of allylic oxidation sites excluding steroid dienone is 6. The molecule has 0 aliphatic carbocycles. The van der Waals surface area contributed by atoms with Crippen LogP contribution in [0.2, 0.25) is 0 Å². The van der Waals surface area contributed by atoms with E-state index in [2.05, 4.69) is 132 Å². The second-order valence-electron chi connectivity index (χ2n) is 21.0. The first-order valence-electron chi connectivity index (χ1n) is 28.4. The van der Waals surface area contributed by atoms with Crippen LogP contribution in [0.15, 0.2) is 133 Å². The van der Waals surface area contributed by atoms with Crippen molar-refractivity contribution in [2.45, 2.75) is 57.9 Å². The maximum absolute atomic E-state index is 13.8. The molecule has 17 heteroatoms. The van der Waals surface area contributed by atoms with Crippen LogP contribution in [-0.4, -0.2) is 163 Å². The monoisotopic (exact) mass is 1110 g/mol. The van der Waals surface area contributed by atoms with Gasteiger partial charge in [-0.25, -0.2) is 4.68 Å². The molecule has 0 atom stereocenters. The summed E-state index contributed by atoms with van der Waals surface area (Å²) >= 11 is 0. The molecule has 2 amide bonds. The molecule has 3 aliphatic heterocycles. The van der Waals surface area contributed by atoms with Gasteiger partial charge < -0.3 is 53.0 Å². The summed E-state index contributed by atoms with van der Waals surface area (Å²) in [5, 5.41) is 11.7. The molecule has 0 radical (unpaired) electrons. The average Bonchev–Trinajstić information content (AvgIpc) is 4.16. The standard InChI is InChI=1S/C64H81N7O10/c1-63(2)52-21-13-16-24-55(52)69(31-34-76-39-42-80-45-44-78-37-36-74-6)57(63)26-8-7-9-27-58-64(3,4)53-22-14-17-25-56(53)70(58)32-35-77-40-43-81-47-46-79-41-38-75-33-29-59(72)65-30-28-60(73)71-48-49-18-10-11-19-50(49)61-62(68(5)67-66-61)51-20-12-15-23-54(51)71/h7-27H,28-48H2,1-6H3/p+1. The van der Waals surface area contributed by atoms with Crippen molar-refractivity contribution in [1.82, 2.24) is 20.3 Å². The largest absolute Gasteiger partial charge is 0.382 e. The summed E-state index contributed by atoms with van der Waals surface area (Å²) in [6.45, 7) is 18.3. The van der Waals surface area contributed by atoms with Gasteiger partial charge in [0.05, 0.1) is 116 Å². The van der Waals surface area contributed by atoms with Gasteiger partial charge in [0.25, 0.3) is 0 Å². The molecule has 81 heavy (non-hydrogen) atoms. The first kappa shape index (κ1) is 60.4. The van der Waals surface area contributed by atoms with Gasteiger partial charge in [-0.2, -0.15) is 4.58 Å². The zero-order valence-electron chi connectivity index (χ0n) is 48.2. The highest BCUT2D eigenvalue weighted by atomic mass is 16.6. The Balaban J connectivity index is 0.700. The van der Waals surface area contributed by atoms with Crippen molar-refractivity contribution in [3.8, 4) is 22.5 Å². The summed E-state index contributed by atoms with van der Waals surface area (Å²) in [6, 6.07) is 33.0. The molecule has 4 aromatic carbocycles. The summed E-state index contributed by atoms with van der Waals surface area (Å²) < 4.78 is 49.5. The van der Waals surface area contributed by atoms with Crippen molar-refractivity contribution >= 4 is 34.6 Å². The van der Waals surface area contributed by atoms with Gasteiger partial charge in [0, 0.05) is 85.7 Å². The Kier molecular flexibility index (Phi) is 22.7. The molecule has 0 spiro atoms. The van der Waals surface area contributed by atoms with Gasteiger partial charge in [0.2, 0.25) is 17.5 Å². The number of carbonyl (C=O) groups excluding carboxylic acids is 2. The van der Waals surface area contributed by atoms with E-state index < -0.39 is 0 Å². The van der Waals surface area contributed by atoms with E-state index in [1.807, 2.05) is 55.6 Å². The van der Waals surface area contributed by atoms with Gasteiger partial charge in [-0.1, -0.05) is 116 Å². The van der Waals surface area contributed by atoms with Gasteiger partial charge in [-0.15, -0.1) is 5.10 Å². The highest BCUT2D eigenvalue weighted by Crippen LogP contribution is 2.48. The van der Waals surface area contributed by atoms with Crippen molar-refractivity contribution in [1.29, 1.82) is 0 Å². The lowest BCUT2D eigenvalue weighted by molar-refractivity contribution is -0.442. The summed E-state index contributed by atoms with van der Waals surface area (Å²) in [4.78, 5) is 30.6. The maximum Gasteiger partial charge on any atom is 0.229 e. The van der Waals surface area contributed by atoms with Crippen LogP contribution in [0.3, 0.4) is 0 Å². The number of amides is 2. The molecule has 0 unspecified atom stereocenters. The van der Waals surface area contributed by atoms with Crippen LogP contribution in [0.25, 0.3) is 22.5 Å². The Morgan fingerprint density at radius 2 is 1.20 bits per heavy atom. The fourth-order valence-electron chi connectivity index (χ4n) is 10.7. The number of hydrogen-bond donors (Lipinski definition) is 1. The van der Waals surface area contributed by atoms with Gasteiger partial charge >= 0.3 is 0 Å². The second-order valence-corrected chi connectivity index (χ2v) is 21.0. The summed E-state index contributed by atoms with van der Waals surface area (Å²) in [7, 11) is 3.52.